The lowest BCUT2D eigenvalue weighted by atomic mass is 10.3. The number of carbonyl (C=O) groups is 1. The summed E-state index contributed by atoms with van der Waals surface area (Å²) < 4.78 is 19.3. The number of H-pyrrole nitrogens is 1. The molecule has 0 bridgehead atoms. The van der Waals surface area contributed by atoms with Gasteiger partial charge in [0.2, 0.25) is 0 Å². The highest BCUT2D eigenvalue weighted by atomic mass is 32.2. The normalized spacial score (nSPS) is 10.9. The lowest BCUT2D eigenvalue weighted by Gasteiger charge is -2.04. The molecule has 0 aliphatic rings. The average molecular weight is 348 g/mol. The highest BCUT2D eigenvalue weighted by Crippen LogP contribution is 2.18. The summed E-state index contributed by atoms with van der Waals surface area (Å²) in [5, 5.41) is 4.72. The zero-order valence-electron chi connectivity index (χ0n) is 12.7. The molecule has 124 valence electrons. The van der Waals surface area contributed by atoms with Gasteiger partial charge in [-0.15, -0.1) is 0 Å². The number of nitrogens with zero attached hydrogens (tertiary/aromatic N) is 3. The molecule has 2 aromatic heterocycles. The molecule has 7 nitrogen and oxygen atoms in total. The van der Waals surface area contributed by atoms with E-state index in [0.29, 0.717) is 23.3 Å². The molecular weight excluding hydrogens is 335 g/mol. The maximum absolute atomic E-state index is 13.1. The Labute approximate surface area is 139 Å². The van der Waals surface area contributed by atoms with Gasteiger partial charge >= 0.3 is 5.97 Å². The minimum atomic E-state index is -0.391. The molecule has 0 saturated carbocycles. The molecule has 2 heterocycles. The summed E-state index contributed by atoms with van der Waals surface area (Å²) in [6.45, 7) is 2.01. The van der Waals surface area contributed by atoms with Crippen LogP contribution in [0.2, 0.25) is 0 Å². The van der Waals surface area contributed by atoms with Gasteiger partial charge < -0.3 is 9.72 Å². The Hall–Kier alpha value is -2.68. The third-order valence-corrected chi connectivity index (χ3v) is 3.97. The van der Waals surface area contributed by atoms with Gasteiger partial charge in [0.25, 0.3) is 5.56 Å². The SMILES string of the molecule is CCOC(=O)CSc1nc2c(cnn2-c2ccc(F)cc2)c(=O)[nH]1. The topological polar surface area (TPSA) is 89.9 Å². The molecular formula is C15H13FN4O3S. The van der Waals surface area contributed by atoms with Crippen LogP contribution in [0, 0.1) is 5.82 Å². The summed E-state index contributed by atoms with van der Waals surface area (Å²) in [4.78, 5) is 30.5. The van der Waals surface area contributed by atoms with E-state index in [1.165, 1.54) is 35.1 Å². The number of rotatable bonds is 5. The van der Waals surface area contributed by atoms with Gasteiger partial charge in [0.05, 0.1) is 24.2 Å². The molecule has 1 N–H and O–H groups in total. The number of esters is 1. The number of ether oxygens (including phenoxy) is 1. The zero-order valence-corrected chi connectivity index (χ0v) is 13.5. The number of hydrogen-bond acceptors (Lipinski definition) is 6. The average Bonchev–Trinajstić information content (AvgIpc) is 2.98. The second-order valence-electron chi connectivity index (χ2n) is 4.73. The Morgan fingerprint density at radius 1 is 1.38 bits per heavy atom. The third-order valence-electron chi connectivity index (χ3n) is 3.12. The van der Waals surface area contributed by atoms with Crippen LogP contribution in [0.25, 0.3) is 16.7 Å². The van der Waals surface area contributed by atoms with E-state index in [1.54, 1.807) is 6.92 Å². The molecule has 0 aliphatic carbocycles. The molecule has 0 saturated heterocycles. The van der Waals surface area contributed by atoms with Crippen LogP contribution < -0.4 is 5.56 Å². The van der Waals surface area contributed by atoms with Crippen LogP contribution in [-0.4, -0.2) is 38.1 Å². The van der Waals surface area contributed by atoms with Gasteiger partial charge in [0, 0.05) is 0 Å². The first-order chi connectivity index (χ1) is 11.6. The number of carbonyl (C=O) groups excluding carboxylic acids is 1. The first kappa shape index (κ1) is 16.2. The minimum Gasteiger partial charge on any atom is -0.465 e. The number of fused-ring (bicyclic) bond motifs is 1. The number of hydrogen-bond donors (Lipinski definition) is 1. The predicted octanol–water partition coefficient (Wildman–Crippen LogP) is 1.90. The van der Waals surface area contributed by atoms with E-state index in [9.17, 15) is 14.0 Å². The van der Waals surface area contributed by atoms with Gasteiger partial charge in [0.15, 0.2) is 10.8 Å². The summed E-state index contributed by atoms with van der Waals surface area (Å²) >= 11 is 1.06. The quantitative estimate of drug-likeness (QED) is 0.430. The second kappa shape index (κ2) is 6.83. The molecule has 3 aromatic rings. The van der Waals surface area contributed by atoms with E-state index in [-0.39, 0.29) is 22.3 Å². The lowest BCUT2D eigenvalue weighted by Crippen LogP contribution is -2.12. The van der Waals surface area contributed by atoms with E-state index in [0.717, 1.165) is 11.8 Å². The Morgan fingerprint density at radius 3 is 2.83 bits per heavy atom. The summed E-state index contributed by atoms with van der Waals surface area (Å²) in [6, 6.07) is 5.67. The van der Waals surface area contributed by atoms with E-state index in [4.69, 9.17) is 4.74 Å². The van der Waals surface area contributed by atoms with Crippen molar-refractivity contribution < 1.29 is 13.9 Å². The monoisotopic (exact) mass is 348 g/mol. The molecule has 9 heteroatoms. The third kappa shape index (κ3) is 3.30. The van der Waals surface area contributed by atoms with Crippen molar-refractivity contribution in [3.63, 3.8) is 0 Å². The molecule has 24 heavy (non-hydrogen) atoms. The van der Waals surface area contributed by atoms with Gasteiger partial charge in [-0.3, -0.25) is 9.59 Å². The van der Waals surface area contributed by atoms with Crippen LogP contribution in [-0.2, 0) is 9.53 Å². The molecule has 0 atom stereocenters. The summed E-state index contributed by atoms with van der Waals surface area (Å²) in [7, 11) is 0. The second-order valence-corrected chi connectivity index (χ2v) is 5.70. The summed E-state index contributed by atoms with van der Waals surface area (Å²) in [6.07, 6.45) is 1.39. The molecule has 0 unspecified atom stereocenters. The van der Waals surface area contributed by atoms with Crippen LogP contribution >= 0.6 is 11.8 Å². The first-order valence-electron chi connectivity index (χ1n) is 7.11. The van der Waals surface area contributed by atoms with Gasteiger partial charge in [-0.2, -0.15) is 5.10 Å². The molecule has 0 spiro atoms. The lowest BCUT2D eigenvalue weighted by molar-refractivity contribution is -0.139. The Bertz CT molecular complexity index is 936. The van der Waals surface area contributed by atoms with Crippen molar-refractivity contribution in [2.24, 2.45) is 0 Å². The van der Waals surface area contributed by atoms with Crippen LogP contribution in [0.1, 0.15) is 6.92 Å². The highest BCUT2D eigenvalue weighted by Gasteiger charge is 2.13. The van der Waals surface area contributed by atoms with Crippen molar-refractivity contribution in [3.05, 3.63) is 46.6 Å². The fourth-order valence-corrected chi connectivity index (χ4v) is 2.72. The van der Waals surface area contributed by atoms with Gasteiger partial charge in [-0.05, 0) is 31.2 Å². The Morgan fingerprint density at radius 2 is 2.12 bits per heavy atom. The number of thioether (sulfide) groups is 1. The first-order valence-corrected chi connectivity index (χ1v) is 8.09. The minimum absolute atomic E-state index is 0.0347. The smallest absolute Gasteiger partial charge is 0.316 e. The molecule has 0 aliphatic heterocycles. The van der Waals surface area contributed by atoms with E-state index >= 15 is 0 Å². The highest BCUT2D eigenvalue weighted by molar-refractivity contribution is 7.99. The number of aromatic amines is 1. The van der Waals surface area contributed by atoms with Crippen molar-refractivity contribution in [1.29, 1.82) is 0 Å². The Balaban J connectivity index is 1.96. The van der Waals surface area contributed by atoms with Gasteiger partial charge in [-0.1, -0.05) is 11.8 Å². The number of aromatic nitrogens is 4. The Kier molecular flexibility index (Phi) is 4.61. The summed E-state index contributed by atoms with van der Waals surface area (Å²) in [5.41, 5.74) is 0.544. The van der Waals surface area contributed by atoms with Gasteiger partial charge in [-0.25, -0.2) is 14.1 Å². The van der Waals surface area contributed by atoms with E-state index in [1.807, 2.05) is 0 Å². The van der Waals surface area contributed by atoms with E-state index < -0.39 is 5.97 Å². The van der Waals surface area contributed by atoms with Crippen LogP contribution in [0.4, 0.5) is 4.39 Å². The van der Waals surface area contributed by atoms with Crippen molar-refractivity contribution in [3.8, 4) is 5.69 Å². The number of nitrogens with one attached hydrogen (secondary N) is 1. The van der Waals surface area contributed by atoms with Crippen molar-refractivity contribution >= 4 is 28.8 Å². The van der Waals surface area contributed by atoms with Gasteiger partial charge in [0.1, 0.15) is 11.2 Å². The molecule has 1 aromatic carbocycles. The largest absolute Gasteiger partial charge is 0.465 e. The number of benzene rings is 1. The standard InChI is InChI=1S/C15H13FN4O3S/c1-2-23-12(21)8-24-15-18-13-11(14(22)19-15)7-17-20(13)10-5-3-9(16)4-6-10/h3-7H,2,8H2,1H3,(H,18,19,22). The molecule has 0 fully saturated rings. The molecule has 3 rings (SSSR count). The zero-order chi connectivity index (χ0) is 17.1. The fourth-order valence-electron chi connectivity index (χ4n) is 2.07. The van der Waals surface area contributed by atoms with Crippen molar-refractivity contribution in [2.75, 3.05) is 12.4 Å². The van der Waals surface area contributed by atoms with Crippen molar-refractivity contribution in [2.45, 2.75) is 12.1 Å². The van der Waals surface area contributed by atoms with Crippen LogP contribution in [0.3, 0.4) is 0 Å². The maximum atomic E-state index is 13.1. The number of halogens is 1. The van der Waals surface area contributed by atoms with E-state index in [2.05, 4.69) is 15.1 Å². The molecule has 0 radical (unpaired) electrons. The van der Waals surface area contributed by atoms with Crippen molar-refractivity contribution in [1.82, 2.24) is 19.7 Å². The molecule has 0 amide bonds. The van der Waals surface area contributed by atoms with Crippen LogP contribution in [0.5, 0.6) is 0 Å². The predicted molar refractivity (Wildman–Crippen MR) is 86.8 cm³/mol. The maximum Gasteiger partial charge on any atom is 0.316 e. The van der Waals surface area contributed by atoms with Crippen LogP contribution in [0.15, 0.2) is 40.4 Å². The fraction of sp³-hybridized carbons (Fsp3) is 0.200. The summed E-state index contributed by atoms with van der Waals surface area (Å²) in [5.74, 6) is -0.726.